The zero-order valence-corrected chi connectivity index (χ0v) is 17.7. The summed E-state index contributed by atoms with van der Waals surface area (Å²) in [4.78, 5) is 11.2. The van der Waals surface area contributed by atoms with Crippen molar-refractivity contribution in [2.75, 3.05) is 0 Å². The lowest BCUT2D eigenvalue weighted by molar-refractivity contribution is 0.446. The summed E-state index contributed by atoms with van der Waals surface area (Å²) in [5, 5.41) is 4.73. The summed E-state index contributed by atoms with van der Waals surface area (Å²) in [6.45, 7) is 0.680. The van der Waals surface area contributed by atoms with Crippen LogP contribution in [0.5, 0.6) is 0 Å². The standard InChI is InChI=1S/C26H26NO2P/c28-30(29,23-16-8-3-9-17-23)25-19-11-10-18-24(25)26(22-14-6-2-7-15-22)27-20-21-12-4-1-5-13-21/h1-10,12-19,24,26-27H,11,20H2,(H,28,29)/t24-,26+/m1/s1. The molecule has 0 saturated carbocycles. The fraction of sp³-hybridized carbons (Fsp3) is 0.154. The van der Waals surface area contributed by atoms with E-state index in [0.29, 0.717) is 23.6 Å². The van der Waals surface area contributed by atoms with E-state index in [1.54, 1.807) is 12.1 Å². The first kappa shape index (κ1) is 20.6. The predicted molar refractivity (Wildman–Crippen MR) is 124 cm³/mol. The Labute approximate surface area is 178 Å². The minimum absolute atomic E-state index is 0.113. The van der Waals surface area contributed by atoms with E-state index in [1.807, 2.05) is 60.7 Å². The molecule has 152 valence electrons. The van der Waals surface area contributed by atoms with Crippen molar-refractivity contribution < 1.29 is 9.46 Å². The maximum absolute atomic E-state index is 13.6. The van der Waals surface area contributed by atoms with Gasteiger partial charge in [0.1, 0.15) is 0 Å². The van der Waals surface area contributed by atoms with Crippen molar-refractivity contribution in [2.45, 2.75) is 19.0 Å². The average Bonchev–Trinajstić information content (AvgIpc) is 2.81. The van der Waals surface area contributed by atoms with Gasteiger partial charge in [-0.3, -0.25) is 4.57 Å². The van der Waals surface area contributed by atoms with Crippen LogP contribution in [0.1, 0.15) is 23.6 Å². The van der Waals surface area contributed by atoms with E-state index in [-0.39, 0.29) is 12.0 Å². The van der Waals surface area contributed by atoms with Gasteiger partial charge in [-0.1, -0.05) is 97.1 Å². The van der Waals surface area contributed by atoms with E-state index in [1.165, 1.54) is 5.56 Å². The molecule has 0 heterocycles. The van der Waals surface area contributed by atoms with Crippen molar-refractivity contribution in [1.82, 2.24) is 5.32 Å². The minimum atomic E-state index is -3.68. The van der Waals surface area contributed by atoms with Gasteiger partial charge < -0.3 is 10.2 Å². The zero-order valence-electron chi connectivity index (χ0n) is 16.8. The Bertz CT molecular complexity index is 1060. The van der Waals surface area contributed by atoms with Gasteiger partial charge >= 0.3 is 0 Å². The fourth-order valence-corrected chi connectivity index (χ4v) is 5.84. The second kappa shape index (κ2) is 9.40. The molecular formula is C26H26NO2P. The van der Waals surface area contributed by atoms with Crippen LogP contribution in [0, 0.1) is 5.92 Å². The number of hydrogen-bond acceptors (Lipinski definition) is 2. The second-order valence-corrected chi connectivity index (χ2v) is 9.67. The van der Waals surface area contributed by atoms with Gasteiger partial charge in [0.2, 0.25) is 0 Å². The van der Waals surface area contributed by atoms with Crippen molar-refractivity contribution >= 4 is 12.7 Å². The summed E-state index contributed by atoms with van der Waals surface area (Å²) in [7, 11) is -3.68. The van der Waals surface area contributed by atoms with Crippen LogP contribution in [0.15, 0.2) is 115 Å². The molecule has 0 fully saturated rings. The lowest BCUT2D eigenvalue weighted by Gasteiger charge is -2.32. The van der Waals surface area contributed by atoms with Crippen molar-refractivity contribution in [2.24, 2.45) is 5.92 Å². The van der Waals surface area contributed by atoms with Crippen molar-refractivity contribution in [1.29, 1.82) is 0 Å². The SMILES string of the molecule is O=P(O)(C1=CCC=C[C@H]1[C@@H](NCc1ccccc1)c1ccccc1)c1ccccc1. The van der Waals surface area contributed by atoms with Gasteiger partial charge in [0.15, 0.2) is 0 Å². The number of benzene rings is 3. The van der Waals surface area contributed by atoms with Gasteiger partial charge in [-0.25, -0.2) is 0 Å². The van der Waals surface area contributed by atoms with E-state index < -0.39 is 7.37 Å². The summed E-state index contributed by atoms with van der Waals surface area (Å²) in [5.74, 6) is -0.207. The molecule has 0 bridgehead atoms. The molecule has 30 heavy (non-hydrogen) atoms. The number of rotatable bonds is 7. The normalized spacial score (nSPS) is 19.0. The van der Waals surface area contributed by atoms with E-state index in [9.17, 15) is 9.46 Å². The summed E-state index contributed by atoms with van der Waals surface area (Å²) in [6.07, 6.45) is 6.76. The van der Waals surface area contributed by atoms with Crippen molar-refractivity contribution in [3.63, 3.8) is 0 Å². The van der Waals surface area contributed by atoms with Crippen LogP contribution < -0.4 is 10.6 Å². The summed E-state index contributed by atoms with van der Waals surface area (Å²) in [5.41, 5.74) is 2.28. The van der Waals surface area contributed by atoms with E-state index in [0.717, 1.165) is 5.56 Å². The second-order valence-electron chi connectivity index (χ2n) is 7.49. The van der Waals surface area contributed by atoms with Crippen LogP contribution in [-0.4, -0.2) is 4.89 Å². The van der Waals surface area contributed by atoms with E-state index >= 15 is 0 Å². The lowest BCUT2D eigenvalue weighted by Crippen LogP contribution is -2.30. The van der Waals surface area contributed by atoms with Gasteiger partial charge in [-0.05, 0) is 29.7 Å². The fourth-order valence-electron chi connectivity index (χ4n) is 3.97. The molecule has 4 rings (SSSR count). The Morgan fingerprint density at radius 1 is 0.900 bits per heavy atom. The molecule has 0 spiro atoms. The molecule has 1 unspecified atom stereocenters. The van der Waals surface area contributed by atoms with Crippen LogP contribution in [0.25, 0.3) is 0 Å². The van der Waals surface area contributed by atoms with Crippen LogP contribution in [-0.2, 0) is 11.1 Å². The molecule has 4 heteroatoms. The number of nitrogens with one attached hydrogen (secondary N) is 1. The van der Waals surface area contributed by atoms with Gasteiger partial charge in [-0.15, -0.1) is 0 Å². The third-order valence-corrected chi connectivity index (χ3v) is 7.67. The molecule has 1 aliphatic carbocycles. The molecule has 0 radical (unpaired) electrons. The Kier molecular flexibility index (Phi) is 6.44. The highest BCUT2D eigenvalue weighted by Crippen LogP contribution is 2.55. The molecule has 0 aromatic heterocycles. The number of allylic oxidation sites excluding steroid dienone is 2. The Morgan fingerprint density at radius 3 is 2.17 bits per heavy atom. The summed E-state index contributed by atoms with van der Waals surface area (Å²) < 4.78 is 13.6. The minimum Gasteiger partial charge on any atom is -0.338 e. The average molecular weight is 415 g/mol. The first-order valence-corrected chi connectivity index (χ1v) is 11.9. The van der Waals surface area contributed by atoms with Gasteiger partial charge in [0, 0.05) is 29.1 Å². The van der Waals surface area contributed by atoms with Crippen molar-refractivity contribution in [3.05, 3.63) is 126 Å². The predicted octanol–water partition coefficient (Wildman–Crippen LogP) is 5.57. The molecule has 2 N–H and O–H groups in total. The zero-order chi connectivity index (χ0) is 20.8. The summed E-state index contributed by atoms with van der Waals surface area (Å²) in [6, 6.07) is 29.3. The Hall–Kier alpha value is -2.71. The molecule has 0 aliphatic heterocycles. The smallest absolute Gasteiger partial charge is 0.255 e. The lowest BCUT2D eigenvalue weighted by atomic mass is 9.89. The quantitative estimate of drug-likeness (QED) is 0.392. The van der Waals surface area contributed by atoms with Crippen LogP contribution >= 0.6 is 7.37 Å². The Morgan fingerprint density at radius 2 is 1.50 bits per heavy atom. The molecular weight excluding hydrogens is 389 g/mol. The maximum Gasteiger partial charge on any atom is 0.255 e. The Balaban J connectivity index is 1.69. The highest BCUT2D eigenvalue weighted by Gasteiger charge is 2.36. The van der Waals surface area contributed by atoms with Gasteiger partial charge in [0.05, 0.1) is 0 Å². The molecule has 1 aliphatic rings. The van der Waals surface area contributed by atoms with E-state index in [4.69, 9.17) is 0 Å². The van der Waals surface area contributed by atoms with Crippen molar-refractivity contribution in [3.8, 4) is 0 Å². The molecule has 3 atom stereocenters. The molecule has 3 aromatic rings. The topological polar surface area (TPSA) is 49.3 Å². The van der Waals surface area contributed by atoms with Crippen LogP contribution in [0.2, 0.25) is 0 Å². The van der Waals surface area contributed by atoms with Gasteiger partial charge in [0.25, 0.3) is 7.37 Å². The third-order valence-electron chi connectivity index (χ3n) is 5.49. The summed E-state index contributed by atoms with van der Waals surface area (Å²) >= 11 is 0. The molecule has 0 saturated heterocycles. The van der Waals surface area contributed by atoms with Gasteiger partial charge in [-0.2, -0.15) is 0 Å². The number of hydrogen-bond donors (Lipinski definition) is 2. The van der Waals surface area contributed by atoms with Crippen LogP contribution in [0.4, 0.5) is 0 Å². The largest absolute Gasteiger partial charge is 0.338 e. The third kappa shape index (κ3) is 4.55. The van der Waals surface area contributed by atoms with Crippen LogP contribution in [0.3, 0.4) is 0 Å². The monoisotopic (exact) mass is 415 g/mol. The van der Waals surface area contributed by atoms with E-state index in [2.05, 4.69) is 41.7 Å². The first-order valence-electron chi connectivity index (χ1n) is 10.2. The maximum atomic E-state index is 13.6. The molecule has 0 amide bonds. The molecule has 3 aromatic carbocycles. The molecule has 3 nitrogen and oxygen atoms in total. The highest BCUT2D eigenvalue weighted by atomic mass is 31.2. The first-order chi connectivity index (χ1) is 14.7. The highest BCUT2D eigenvalue weighted by molar-refractivity contribution is 7.70.